The zero-order valence-corrected chi connectivity index (χ0v) is 22.4. The van der Waals surface area contributed by atoms with Crippen LogP contribution in [0.1, 0.15) is 105 Å². The Kier molecular flexibility index (Phi) is 6.53. The van der Waals surface area contributed by atoms with Crippen LogP contribution in [-0.2, 0) is 9.47 Å². The summed E-state index contributed by atoms with van der Waals surface area (Å²) in [5.41, 5.74) is 0.918. The third-order valence-electron chi connectivity index (χ3n) is 12.3. The van der Waals surface area contributed by atoms with Crippen molar-refractivity contribution < 1.29 is 14.6 Å². The van der Waals surface area contributed by atoms with Crippen molar-refractivity contribution in [2.45, 2.75) is 117 Å². The molecule has 0 radical (unpaired) electrons. The molecule has 5 unspecified atom stereocenters. The fourth-order valence-corrected chi connectivity index (χ4v) is 10.5. The van der Waals surface area contributed by atoms with Crippen LogP contribution < -0.4 is 0 Å². The largest absolute Gasteiger partial charge is 0.384 e. The molecule has 4 aliphatic carbocycles. The first-order chi connectivity index (χ1) is 15.6. The van der Waals surface area contributed by atoms with Crippen molar-refractivity contribution in [3.63, 3.8) is 0 Å². The molecule has 190 valence electrons. The Morgan fingerprint density at radius 3 is 2.45 bits per heavy atom. The second-order valence-corrected chi connectivity index (χ2v) is 14.1. The smallest absolute Gasteiger partial charge is 0.168 e. The van der Waals surface area contributed by atoms with E-state index in [1.165, 1.54) is 51.4 Å². The van der Waals surface area contributed by atoms with E-state index in [4.69, 9.17) is 9.47 Å². The van der Waals surface area contributed by atoms with Crippen LogP contribution in [0.2, 0.25) is 0 Å². The molecular weight excluding hydrogens is 408 g/mol. The molecular formula is C30H52O3. The highest BCUT2D eigenvalue weighted by Gasteiger charge is 2.65. The van der Waals surface area contributed by atoms with Crippen LogP contribution in [0.4, 0.5) is 0 Å². The molecule has 33 heavy (non-hydrogen) atoms. The second-order valence-electron chi connectivity index (χ2n) is 14.1. The van der Waals surface area contributed by atoms with Crippen molar-refractivity contribution in [1.29, 1.82) is 0 Å². The number of aliphatic hydroxyl groups is 1. The molecule has 12 atom stereocenters. The van der Waals surface area contributed by atoms with Gasteiger partial charge in [0.2, 0.25) is 0 Å². The molecule has 0 spiro atoms. The molecule has 0 bridgehead atoms. The normalized spacial score (nSPS) is 54.6. The van der Waals surface area contributed by atoms with Gasteiger partial charge in [0.05, 0.1) is 6.10 Å². The van der Waals surface area contributed by atoms with Gasteiger partial charge in [0.1, 0.15) is 0 Å². The fraction of sp³-hybridized carbons (Fsp3) is 1.00. The van der Waals surface area contributed by atoms with E-state index in [0.29, 0.717) is 22.7 Å². The van der Waals surface area contributed by atoms with Gasteiger partial charge in [-0.25, -0.2) is 0 Å². The topological polar surface area (TPSA) is 38.7 Å². The van der Waals surface area contributed by atoms with E-state index < -0.39 is 5.79 Å². The monoisotopic (exact) mass is 460 g/mol. The molecule has 5 fully saturated rings. The van der Waals surface area contributed by atoms with Crippen molar-refractivity contribution in [2.75, 3.05) is 13.7 Å². The van der Waals surface area contributed by atoms with E-state index >= 15 is 0 Å². The van der Waals surface area contributed by atoms with E-state index in [2.05, 4.69) is 34.6 Å². The van der Waals surface area contributed by atoms with Gasteiger partial charge in [-0.3, -0.25) is 0 Å². The molecule has 1 N–H and O–H groups in total. The Morgan fingerprint density at radius 1 is 0.970 bits per heavy atom. The molecule has 0 aromatic rings. The van der Waals surface area contributed by atoms with E-state index in [1.54, 1.807) is 7.11 Å². The molecule has 1 saturated heterocycles. The summed E-state index contributed by atoms with van der Waals surface area (Å²) in [6, 6.07) is 0. The van der Waals surface area contributed by atoms with E-state index in [-0.39, 0.29) is 12.0 Å². The lowest BCUT2D eigenvalue weighted by Crippen LogP contribution is -2.58. The minimum atomic E-state index is -0.949. The Balaban J connectivity index is 1.34. The summed E-state index contributed by atoms with van der Waals surface area (Å²) in [5.74, 6) is 4.82. The van der Waals surface area contributed by atoms with Gasteiger partial charge in [0.25, 0.3) is 0 Å². The lowest BCUT2D eigenvalue weighted by Gasteiger charge is -2.64. The highest BCUT2D eigenvalue weighted by atomic mass is 16.6. The first-order valence-electron chi connectivity index (χ1n) is 14.5. The maximum Gasteiger partial charge on any atom is 0.168 e. The van der Waals surface area contributed by atoms with Crippen molar-refractivity contribution in [1.82, 2.24) is 0 Å². The number of fused-ring (bicyclic) bond motifs is 7. The first-order valence-corrected chi connectivity index (χ1v) is 14.5. The van der Waals surface area contributed by atoms with Crippen LogP contribution in [0.5, 0.6) is 0 Å². The second kappa shape index (κ2) is 8.77. The molecule has 0 aromatic heterocycles. The van der Waals surface area contributed by atoms with Gasteiger partial charge in [-0.2, -0.15) is 0 Å². The van der Waals surface area contributed by atoms with E-state index in [0.717, 1.165) is 55.5 Å². The molecule has 5 aliphatic rings. The molecule has 5 rings (SSSR count). The van der Waals surface area contributed by atoms with Gasteiger partial charge >= 0.3 is 0 Å². The molecule has 3 heteroatoms. The Hall–Kier alpha value is -0.120. The lowest BCUT2D eigenvalue weighted by atomic mass is 9.40. The van der Waals surface area contributed by atoms with Crippen molar-refractivity contribution in [3.8, 4) is 0 Å². The van der Waals surface area contributed by atoms with Gasteiger partial charge in [-0.15, -0.1) is 0 Å². The number of ether oxygens (including phenoxy) is 2. The molecule has 3 nitrogen and oxygen atoms in total. The summed E-state index contributed by atoms with van der Waals surface area (Å²) in [5, 5.41) is 11.7. The average Bonchev–Trinajstić information content (AvgIpc) is 3.04. The van der Waals surface area contributed by atoms with Gasteiger partial charge in [-0.05, 0) is 110 Å². The quantitative estimate of drug-likeness (QED) is 0.477. The molecule has 4 saturated carbocycles. The van der Waals surface area contributed by atoms with Gasteiger partial charge in [0, 0.05) is 26.1 Å². The standard InChI is InChI=1S/C30H52O3/c1-19-11-14-28(4)22(17-19)7-8-23-24-9-10-26-27(29(24,5)15-13-25(23)28)21(3)30(31,33-26)16-12-20(2)18-32-6/h19-27,31H,7-18H2,1-6H3/t19-,20-,21-,22+,23?,24?,25?,26?,27?,28-,29-,30+/m0/s1. The van der Waals surface area contributed by atoms with Gasteiger partial charge < -0.3 is 14.6 Å². The summed E-state index contributed by atoms with van der Waals surface area (Å²) >= 11 is 0. The minimum absolute atomic E-state index is 0.226. The Morgan fingerprint density at radius 2 is 1.70 bits per heavy atom. The Labute approximate surface area is 203 Å². The van der Waals surface area contributed by atoms with Gasteiger partial charge in [0.15, 0.2) is 5.79 Å². The number of hydrogen-bond donors (Lipinski definition) is 1. The van der Waals surface area contributed by atoms with Crippen LogP contribution in [0.3, 0.4) is 0 Å². The van der Waals surface area contributed by atoms with Crippen molar-refractivity contribution in [3.05, 3.63) is 0 Å². The zero-order chi connectivity index (χ0) is 23.6. The summed E-state index contributed by atoms with van der Waals surface area (Å²) in [7, 11) is 1.77. The summed E-state index contributed by atoms with van der Waals surface area (Å²) in [6.45, 7) is 13.1. The number of hydrogen-bond acceptors (Lipinski definition) is 3. The van der Waals surface area contributed by atoms with E-state index in [9.17, 15) is 5.11 Å². The minimum Gasteiger partial charge on any atom is -0.384 e. The maximum atomic E-state index is 11.7. The van der Waals surface area contributed by atoms with Crippen LogP contribution in [0, 0.1) is 58.2 Å². The van der Waals surface area contributed by atoms with Crippen LogP contribution in [0.15, 0.2) is 0 Å². The number of rotatable bonds is 5. The molecule has 0 aromatic carbocycles. The van der Waals surface area contributed by atoms with Crippen LogP contribution >= 0.6 is 0 Å². The predicted octanol–water partition coefficient (Wildman–Crippen LogP) is 7.07. The summed E-state index contributed by atoms with van der Waals surface area (Å²) in [4.78, 5) is 0. The Bertz CT molecular complexity index is 709. The van der Waals surface area contributed by atoms with Gasteiger partial charge in [-0.1, -0.05) is 41.0 Å². The van der Waals surface area contributed by atoms with Crippen molar-refractivity contribution >= 4 is 0 Å². The highest BCUT2D eigenvalue weighted by Crippen LogP contribution is 2.69. The van der Waals surface area contributed by atoms with Crippen molar-refractivity contribution in [2.24, 2.45) is 58.2 Å². The number of methoxy groups -OCH3 is 1. The summed E-state index contributed by atoms with van der Waals surface area (Å²) < 4.78 is 11.9. The first kappa shape index (κ1) is 24.6. The zero-order valence-electron chi connectivity index (χ0n) is 22.4. The third kappa shape index (κ3) is 3.86. The molecule has 1 aliphatic heterocycles. The molecule has 0 amide bonds. The van der Waals surface area contributed by atoms with E-state index in [1.807, 2.05) is 0 Å². The average molecular weight is 461 g/mol. The maximum absolute atomic E-state index is 11.7. The van der Waals surface area contributed by atoms with Crippen LogP contribution in [-0.4, -0.2) is 30.7 Å². The highest BCUT2D eigenvalue weighted by molar-refractivity contribution is 5.12. The predicted molar refractivity (Wildman–Crippen MR) is 134 cm³/mol. The lowest BCUT2D eigenvalue weighted by molar-refractivity contribution is -0.218. The third-order valence-corrected chi connectivity index (χ3v) is 12.3. The molecule has 1 heterocycles. The van der Waals surface area contributed by atoms with Crippen LogP contribution in [0.25, 0.3) is 0 Å². The fourth-order valence-electron chi connectivity index (χ4n) is 10.5. The summed E-state index contributed by atoms with van der Waals surface area (Å²) in [6.07, 6.45) is 14.5. The SMILES string of the molecule is COC[C@@H](C)CC[C@@]1(O)OC2CCC3C4CC[C@@H]5C[C@@H](C)CC[C@]5(C)C4CC[C@]3(C)C2[C@@H]1C.